The standard InChI is InChI=1S/C26H23ClN4O5S2/c1-17-7-11-19(12-8-17)37(32,33)24-23-25(29-22-6-4-3-5-21(22)28-23)31(15-16-36-2)26(24)30-38(34,35)20-13-9-18(27)10-14-20/h3-14,30H,15-16H2,1-2H3. The maximum Gasteiger partial charge on any atom is 0.263 e. The molecule has 5 aromatic rings. The molecule has 196 valence electrons. The number of hydrogen-bond acceptors (Lipinski definition) is 7. The second-order valence-corrected chi connectivity index (χ2v) is 12.6. The molecule has 0 bridgehead atoms. The van der Waals surface area contributed by atoms with Crippen LogP contribution in [-0.4, -0.2) is 45.1 Å². The van der Waals surface area contributed by atoms with Gasteiger partial charge in [-0.05, 0) is 55.5 Å². The van der Waals surface area contributed by atoms with Crippen LogP contribution >= 0.6 is 11.6 Å². The Balaban J connectivity index is 1.84. The molecule has 0 spiro atoms. The Morgan fingerprint density at radius 1 is 0.868 bits per heavy atom. The summed E-state index contributed by atoms with van der Waals surface area (Å²) in [6, 6.07) is 18.9. The largest absolute Gasteiger partial charge is 0.383 e. The van der Waals surface area contributed by atoms with Gasteiger partial charge in [0.2, 0.25) is 9.84 Å². The van der Waals surface area contributed by atoms with E-state index in [1.165, 1.54) is 48.1 Å². The van der Waals surface area contributed by atoms with E-state index >= 15 is 0 Å². The van der Waals surface area contributed by atoms with Crippen LogP contribution in [0, 0.1) is 6.92 Å². The van der Waals surface area contributed by atoms with E-state index in [0.717, 1.165) is 5.56 Å². The third-order valence-corrected chi connectivity index (χ3v) is 9.41. The molecule has 0 unspecified atom stereocenters. The van der Waals surface area contributed by atoms with Crippen LogP contribution in [0.1, 0.15) is 5.56 Å². The Hall–Kier alpha value is -3.51. The first-order chi connectivity index (χ1) is 18.1. The van der Waals surface area contributed by atoms with Gasteiger partial charge >= 0.3 is 0 Å². The fourth-order valence-corrected chi connectivity index (χ4v) is 6.87. The van der Waals surface area contributed by atoms with Crippen LogP contribution in [0.3, 0.4) is 0 Å². The monoisotopic (exact) mass is 570 g/mol. The molecule has 0 atom stereocenters. The number of sulfone groups is 1. The number of para-hydroxylation sites is 2. The fourth-order valence-electron chi connectivity index (χ4n) is 4.06. The summed E-state index contributed by atoms with van der Waals surface area (Å²) < 4.78 is 64.4. The van der Waals surface area contributed by atoms with E-state index in [1.54, 1.807) is 36.4 Å². The number of nitrogens with zero attached hydrogens (tertiary/aromatic N) is 3. The Morgan fingerprint density at radius 3 is 2.11 bits per heavy atom. The predicted octanol–water partition coefficient (Wildman–Crippen LogP) is 4.83. The zero-order valence-corrected chi connectivity index (χ0v) is 22.8. The Bertz CT molecular complexity index is 1870. The summed E-state index contributed by atoms with van der Waals surface area (Å²) in [7, 11) is -7.00. The van der Waals surface area contributed by atoms with Crippen molar-refractivity contribution in [2.24, 2.45) is 0 Å². The van der Waals surface area contributed by atoms with Crippen LogP contribution in [-0.2, 0) is 31.1 Å². The second-order valence-electron chi connectivity index (χ2n) is 8.58. The Kier molecular flexibility index (Phi) is 6.86. The number of hydrogen-bond donors (Lipinski definition) is 1. The van der Waals surface area contributed by atoms with Gasteiger partial charge in [-0.1, -0.05) is 41.4 Å². The van der Waals surface area contributed by atoms with Crippen molar-refractivity contribution in [1.29, 1.82) is 0 Å². The van der Waals surface area contributed by atoms with Gasteiger partial charge in [0.05, 0.1) is 27.4 Å². The lowest BCUT2D eigenvalue weighted by molar-refractivity contribution is 0.188. The third-order valence-electron chi connectivity index (χ3n) is 5.98. The molecule has 3 aromatic carbocycles. The minimum absolute atomic E-state index is 0.00390. The van der Waals surface area contributed by atoms with Gasteiger partial charge in [0, 0.05) is 18.7 Å². The fraction of sp³-hybridized carbons (Fsp3) is 0.154. The SMILES string of the molecule is COCCn1c(NS(=O)(=O)c2ccc(Cl)cc2)c(S(=O)(=O)c2ccc(C)cc2)c2nc3ccccc3nc21. The summed E-state index contributed by atoms with van der Waals surface area (Å²) in [4.78, 5) is 8.93. The van der Waals surface area contributed by atoms with Crippen molar-refractivity contribution in [3.8, 4) is 0 Å². The summed E-state index contributed by atoms with van der Waals surface area (Å²) >= 11 is 5.94. The quantitative estimate of drug-likeness (QED) is 0.284. The number of sulfonamides is 1. The number of aryl methyl sites for hydroxylation is 1. The molecule has 12 heteroatoms. The molecule has 0 fully saturated rings. The second kappa shape index (κ2) is 9.99. The van der Waals surface area contributed by atoms with Gasteiger partial charge in [0.1, 0.15) is 16.2 Å². The zero-order chi connectivity index (χ0) is 27.1. The normalized spacial score (nSPS) is 12.3. The van der Waals surface area contributed by atoms with E-state index in [-0.39, 0.29) is 44.8 Å². The predicted molar refractivity (Wildman–Crippen MR) is 146 cm³/mol. The number of fused-ring (bicyclic) bond motifs is 2. The minimum Gasteiger partial charge on any atom is -0.383 e. The molecular weight excluding hydrogens is 548 g/mol. The molecule has 5 rings (SSSR count). The van der Waals surface area contributed by atoms with Gasteiger partial charge in [0.15, 0.2) is 5.65 Å². The summed E-state index contributed by atoms with van der Waals surface area (Å²) in [5, 5.41) is 0.362. The summed E-state index contributed by atoms with van der Waals surface area (Å²) in [6.45, 7) is 2.12. The van der Waals surface area contributed by atoms with E-state index in [0.29, 0.717) is 16.1 Å². The average Bonchev–Trinajstić information content (AvgIpc) is 3.18. The smallest absolute Gasteiger partial charge is 0.263 e. The zero-order valence-electron chi connectivity index (χ0n) is 20.4. The molecule has 2 heterocycles. The molecule has 0 aliphatic carbocycles. The number of anilines is 1. The number of nitrogens with one attached hydrogen (secondary N) is 1. The third kappa shape index (κ3) is 4.73. The molecule has 0 aliphatic rings. The van der Waals surface area contributed by atoms with Gasteiger partial charge in [-0.25, -0.2) is 26.8 Å². The number of methoxy groups -OCH3 is 1. The van der Waals surface area contributed by atoms with E-state index in [9.17, 15) is 16.8 Å². The van der Waals surface area contributed by atoms with Gasteiger partial charge < -0.3 is 9.30 Å². The van der Waals surface area contributed by atoms with Gasteiger partial charge in [-0.15, -0.1) is 0 Å². The highest BCUT2D eigenvalue weighted by Gasteiger charge is 2.33. The molecule has 2 aromatic heterocycles. The summed E-state index contributed by atoms with van der Waals surface area (Å²) in [5.74, 6) is -0.178. The molecule has 1 N–H and O–H groups in total. The van der Waals surface area contributed by atoms with Crippen molar-refractivity contribution in [2.75, 3.05) is 18.4 Å². The van der Waals surface area contributed by atoms with Gasteiger partial charge in [-0.2, -0.15) is 0 Å². The van der Waals surface area contributed by atoms with Crippen molar-refractivity contribution in [1.82, 2.24) is 14.5 Å². The van der Waals surface area contributed by atoms with E-state index < -0.39 is 19.9 Å². The van der Waals surface area contributed by atoms with Crippen molar-refractivity contribution >= 4 is 59.5 Å². The first-order valence-corrected chi connectivity index (χ1v) is 14.8. The number of halogens is 1. The lowest BCUT2D eigenvalue weighted by atomic mass is 10.2. The molecule has 0 radical (unpaired) electrons. The van der Waals surface area contributed by atoms with Crippen molar-refractivity contribution in [3.05, 3.63) is 83.4 Å². The number of aromatic nitrogens is 3. The summed E-state index contributed by atoms with van der Waals surface area (Å²) in [6.07, 6.45) is 0. The van der Waals surface area contributed by atoms with Crippen LogP contribution in [0.15, 0.2) is 87.5 Å². The van der Waals surface area contributed by atoms with Crippen LogP contribution < -0.4 is 4.72 Å². The lowest BCUT2D eigenvalue weighted by Crippen LogP contribution is -2.19. The minimum atomic E-state index is -4.26. The van der Waals surface area contributed by atoms with Gasteiger partial charge in [0.25, 0.3) is 10.0 Å². The molecule has 38 heavy (non-hydrogen) atoms. The highest BCUT2D eigenvalue weighted by molar-refractivity contribution is 7.93. The Labute approximate surface area is 225 Å². The molecule has 0 saturated carbocycles. The number of ether oxygens (including phenoxy) is 1. The van der Waals surface area contributed by atoms with E-state index in [1.807, 2.05) is 6.92 Å². The van der Waals surface area contributed by atoms with Crippen LogP contribution in [0.25, 0.3) is 22.2 Å². The van der Waals surface area contributed by atoms with Gasteiger partial charge in [-0.3, -0.25) is 4.72 Å². The molecule has 0 saturated heterocycles. The molecule has 0 amide bonds. The number of rotatable bonds is 8. The van der Waals surface area contributed by atoms with Crippen LogP contribution in [0.4, 0.5) is 5.82 Å². The highest BCUT2D eigenvalue weighted by Crippen LogP contribution is 2.38. The van der Waals surface area contributed by atoms with E-state index in [2.05, 4.69) is 14.7 Å². The average molecular weight is 571 g/mol. The molecule has 0 aliphatic heterocycles. The topological polar surface area (TPSA) is 120 Å². The van der Waals surface area contributed by atoms with Crippen molar-refractivity contribution < 1.29 is 21.6 Å². The molecular formula is C26H23ClN4O5S2. The van der Waals surface area contributed by atoms with Crippen molar-refractivity contribution in [2.45, 2.75) is 28.2 Å². The highest BCUT2D eigenvalue weighted by atomic mass is 35.5. The first-order valence-electron chi connectivity index (χ1n) is 11.5. The van der Waals surface area contributed by atoms with Crippen LogP contribution in [0.5, 0.6) is 0 Å². The summed E-state index contributed by atoms with van der Waals surface area (Å²) in [5.41, 5.74) is 2.13. The lowest BCUT2D eigenvalue weighted by Gasteiger charge is -2.14. The maximum absolute atomic E-state index is 14.1. The maximum atomic E-state index is 14.1. The Morgan fingerprint density at radius 2 is 1.47 bits per heavy atom. The molecule has 9 nitrogen and oxygen atoms in total. The van der Waals surface area contributed by atoms with Crippen molar-refractivity contribution in [3.63, 3.8) is 0 Å². The van der Waals surface area contributed by atoms with Crippen LogP contribution in [0.2, 0.25) is 5.02 Å². The number of benzene rings is 3. The first kappa shape index (κ1) is 26.1. The van der Waals surface area contributed by atoms with E-state index in [4.69, 9.17) is 16.3 Å².